The molecule has 0 bridgehead atoms. The van der Waals surface area contributed by atoms with Gasteiger partial charge < -0.3 is 0 Å². The first-order valence-corrected chi connectivity index (χ1v) is 8.47. The molecule has 0 atom stereocenters. The summed E-state index contributed by atoms with van der Waals surface area (Å²) < 4.78 is 0. The lowest BCUT2D eigenvalue weighted by atomic mass is 9.88. The van der Waals surface area contributed by atoms with Crippen LogP contribution in [0.2, 0.25) is 0 Å². The number of fused-ring (bicyclic) bond motifs is 2. The average molecular weight is 321 g/mol. The van der Waals surface area contributed by atoms with Gasteiger partial charge in [-0.25, -0.2) is 0 Å². The number of benzene rings is 4. The van der Waals surface area contributed by atoms with Gasteiger partial charge >= 0.3 is 0 Å². The summed E-state index contributed by atoms with van der Waals surface area (Å²) in [6, 6.07) is 25.5. The second kappa shape index (κ2) is 7.24. The van der Waals surface area contributed by atoms with Crippen LogP contribution < -0.4 is 0 Å². The fourth-order valence-electron chi connectivity index (χ4n) is 3.37. The molecule has 0 amide bonds. The van der Waals surface area contributed by atoms with Crippen LogP contribution in [0.15, 0.2) is 72.8 Å². The first kappa shape index (κ1) is 16.8. The first-order valence-electron chi connectivity index (χ1n) is 8.47. The van der Waals surface area contributed by atoms with E-state index in [2.05, 4.69) is 92.6 Å². The molecular weight excluding hydrogens is 300 g/mol. The van der Waals surface area contributed by atoms with Crippen LogP contribution >= 0.6 is 0 Å². The van der Waals surface area contributed by atoms with Crippen molar-refractivity contribution in [2.24, 2.45) is 0 Å². The Morgan fingerprint density at radius 1 is 0.680 bits per heavy atom. The fourth-order valence-corrected chi connectivity index (χ4v) is 3.37. The molecule has 0 saturated carbocycles. The zero-order valence-electron chi connectivity index (χ0n) is 14.7. The standard InChI is InChI=1S/C23H16.C2H5/c1-3-17-14-15-19-9-5-7-11-21(19)23(17)22-16(2)12-13-18-8-4-6-10-20(18)22;1-2/h1,4-15H,2H3;1H2,2H3. The lowest BCUT2D eigenvalue weighted by Gasteiger charge is -2.15. The van der Waals surface area contributed by atoms with Gasteiger partial charge in [-0.15, -0.1) is 6.42 Å². The van der Waals surface area contributed by atoms with Crippen LogP contribution in [0, 0.1) is 26.2 Å². The first-order chi connectivity index (χ1) is 12.3. The van der Waals surface area contributed by atoms with E-state index in [0.717, 1.165) is 5.56 Å². The van der Waals surface area contributed by atoms with Gasteiger partial charge in [-0.05, 0) is 45.7 Å². The topological polar surface area (TPSA) is 0 Å². The van der Waals surface area contributed by atoms with Gasteiger partial charge in [0.2, 0.25) is 0 Å². The Morgan fingerprint density at radius 2 is 1.20 bits per heavy atom. The minimum Gasteiger partial charge on any atom is -0.115 e. The van der Waals surface area contributed by atoms with E-state index in [1.165, 1.54) is 38.2 Å². The third-order valence-corrected chi connectivity index (χ3v) is 4.47. The van der Waals surface area contributed by atoms with Crippen molar-refractivity contribution in [1.29, 1.82) is 0 Å². The predicted octanol–water partition coefficient (Wildman–Crippen LogP) is 6.79. The van der Waals surface area contributed by atoms with Crippen LogP contribution in [-0.2, 0) is 0 Å². The Morgan fingerprint density at radius 3 is 1.80 bits per heavy atom. The lowest BCUT2D eigenvalue weighted by molar-refractivity contribution is 1.49. The molecule has 0 aliphatic carbocycles. The highest BCUT2D eigenvalue weighted by Crippen LogP contribution is 2.38. The van der Waals surface area contributed by atoms with Gasteiger partial charge in [0.05, 0.1) is 0 Å². The lowest BCUT2D eigenvalue weighted by Crippen LogP contribution is -1.92. The molecule has 0 aliphatic rings. The molecule has 121 valence electrons. The SMILES string of the molecule is C#Cc1ccc2ccccc2c1-c1c(C)ccc2ccccc12.[CH2]C. The molecule has 25 heavy (non-hydrogen) atoms. The minimum atomic E-state index is 0.947. The van der Waals surface area contributed by atoms with E-state index < -0.39 is 0 Å². The fraction of sp³-hybridized carbons (Fsp3) is 0.0800. The highest BCUT2D eigenvalue weighted by Gasteiger charge is 2.14. The molecule has 4 rings (SSSR count). The van der Waals surface area contributed by atoms with E-state index in [9.17, 15) is 0 Å². The van der Waals surface area contributed by atoms with Gasteiger partial charge in [-0.3, -0.25) is 0 Å². The van der Waals surface area contributed by atoms with E-state index in [1.54, 1.807) is 6.92 Å². The molecule has 0 N–H and O–H groups in total. The summed E-state index contributed by atoms with van der Waals surface area (Å²) >= 11 is 0. The Bertz CT molecular complexity index is 1080. The van der Waals surface area contributed by atoms with Crippen molar-refractivity contribution in [3.05, 3.63) is 90.8 Å². The Hall–Kier alpha value is -3.04. The van der Waals surface area contributed by atoms with Crippen LogP contribution in [0.4, 0.5) is 0 Å². The van der Waals surface area contributed by atoms with Gasteiger partial charge in [-0.2, -0.15) is 0 Å². The van der Waals surface area contributed by atoms with E-state index >= 15 is 0 Å². The molecule has 0 heteroatoms. The highest BCUT2D eigenvalue weighted by molar-refractivity contribution is 6.08. The number of hydrogen-bond donors (Lipinski definition) is 0. The van der Waals surface area contributed by atoms with Crippen molar-refractivity contribution in [2.75, 3.05) is 0 Å². The smallest absolute Gasteiger partial charge is 0.0327 e. The second-order valence-corrected chi connectivity index (χ2v) is 5.83. The summed E-state index contributed by atoms with van der Waals surface area (Å²) in [4.78, 5) is 0. The molecule has 0 fully saturated rings. The molecule has 0 unspecified atom stereocenters. The van der Waals surface area contributed by atoms with Crippen molar-refractivity contribution >= 4 is 21.5 Å². The van der Waals surface area contributed by atoms with Crippen molar-refractivity contribution < 1.29 is 0 Å². The second-order valence-electron chi connectivity index (χ2n) is 5.83. The number of aryl methyl sites for hydroxylation is 1. The summed E-state index contributed by atoms with van der Waals surface area (Å²) in [6.45, 7) is 7.16. The summed E-state index contributed by atoms with van der Waals surface area (Å²) in [5.74, 6) is 2.88. The van der Waals surface area contributed by atoms with Crippen LogP contribution in [-0.4, -0.2) is 0 Å². The Balaban J connectivity index is 0.000000880. The maximum Gasteiger partial charge on any atom is 0.0327 e. The summed E-state index contributed by atoms with van der Waals surface area (Å²) in [5, 5.41) is 4.92. The number of hydrogen-bond acceptors (Lipinski definition) is 0. The monoisotopic (exact) mass is 321 g/mol. The van der Waals surface area contributed by atoms with Crippen molar-refractivity contribution in [3.8, 4) is 23.5 Å². The molecule has 0 spiro atoms. The van der Waals surface area contributed by atoms with Gasteiger partial charge in [0.1, 0.15) is 0 Å². The molecule has 1 radical (unpaired) electrons. The summed E-state index contributed by atoms with van der Waals surface area (Å²) in [6.07, 6.45) is 5.82. The molecule has 0 nitrogen and oxygen atoms in total. The maximum atomic E-state index is 5.82. The minimum absolute atomic E-state index is 0.947. The van der Waals surface area contributed by atoms with E-state index in [1.807, 2.05) is 0 Å². The van der Waals surface area contributed by atoms with Gasteiger partial charge in [-0.1, -0.05) is 86.5 Å². The normalized spacial score (nSPS) is 10.2. The Labute approximate surface area is 150 Å². The third-order valence-electron chi connectivity index (χ3n) is 4.47. The van der Waals surface area contributed by atoms with Gasteiger partial charge in [0.15, 0.2) is 0 Å². The molecule has 4 aromatic carbocycles. The van der Waals surface area contributed by atoms with Gasteiger partial charge in [0, 0.05) is 11.1 Å². The quantitative estimate of drug-likeness (QED) is 0.339. The Kier molecular flexibility index (Phi) is 4.87. The van der Waals surface area contributed by atoms with Gasteiger partial charge in [0.25, 0.3) is 0 Å². The van der Waals surface area contributed by atoms with Crippen LogP contribution in [0.5, 0.6) is 0 Å². The zero-order chi connectivity index (χ0) is 17.8. The van der Waals surface area contributed by atoms with E-state index in [4.69, 9.17) is 6.42 Å². The molecule has 0 aliphatic heterocycles. The zero-order valence-corrected chi connectivity index (χ0v) is 14.7. The van der Waals surface area contributed by atoms with Crippen molar-refractivity contribution in [1.82, 2.24) is 0 Å². The van der Waals surface area contributed by atoms with E-state index in [0.29, 0.717) is 0 Å². The average Bonchev–Trinajstić information content (AvgIpc) is 2.69. The van der Waals surface area contributed by atoms with E-state index in [-0.39, 0.29) is 0 Å². The largest absolute Gasteiger partial charge is 0.115 e. The summed E-state index contributed by atoms with van der Waals surface area (Å²) in [5.41, 5.74) is 4.60. The number of rotatable bonds is 1. The molecular formula is C25H21. The van der Waals surface area contributed by atoms with Crippen molar-refractivity contribution in [3.63, 3.8) is 0 Å². The van der Waals surface area contributed by atoms with Crippen LogP contribution in [0.1, 0.15) is 18.1 Å². The molecule has 0 saturated heterocycles. The van der Waals surface area contributed by atoms with Crippen LogP contribution in [0.25, 0.3) is 32.7 Å². The highest BCUT2D eigenvalue weighted by atomic mass is 14.2. The van der Waals surface area contributed by atoms with Crippen LogP contribution in [0.3, 0.4) is 0 Å². The molecule has 0 heterocycles. The third kappa shape index (κ3) is 2.90. The summed E-state index contributed by atoms with van der Waals surface area (Å²) in [7, 11) is 0. The van der Waals surface area contributed by atoms with Crippen molar-refractivity contribution in [2.45, 2.75) is 13.8 Å². The maximum absolute atomic E-state index is 5.82. The predicted molar refractivity (Wildman–Crippen MR) is 111 cm³/mol. The molecule has 0 aromatic heterocycles. The molecule has 4 aromatic rings. The number of terminal acetylenes is 1.